The van der Waals surface area contributed by atoms with Crippen molar-refractivity contribution in [3.8, 4) is 0 Å². The van der Waals surface area contributed by atoms with Gasteiger partial charge in [-0.3, -0.25) is 14.9 Å². The van der Waals surface area contributed by atoms with Crippen molar-refractivity contribution in [1.82, 2.24) is 20.2 Å². The van der Waals surface area contributed by atoms with Gasteiger partial charge in [0.15, 0.2) is 11.6 Å². The number of allylic oxidation sites excluding steroid dienone is 2. The van der Waals surface area contributed by atoms with Gasteiger partial charge in [-0.1, -0.05) is 43.7 Å². The van der Waals surface area contributed by atoms with Crippen LogP contribution < -0.4 is 10.6 Å². The van der Waals surface area contributed by atoms with Gasteiger partial charge in [-0.2, -0.15) is 0 Å². The summed E-state index contributed by atoms with van der Waals surface area (Å²) in [6.45, 7) is 7.41. The number of aromatic nitrogens is 2. The molecule has 0 saturated carbocycles. The Morgan fingerprint density at radius 3 is 2.81 bits per heavy atom. The average molecular weight is 688 g/mol. The van der Waals surface area contributed by atoms with Gasteiger partial charge in [0.25, 0.3) is 5.91 Å². The molecule has 2 aliphatic heterocycles. The number of cyclic esters (lactones) is 1. The number of halogens is 1. The summed E-state index contributed by atoms with van der Waals surface area (Å²) in [4.78, 5) is 61.7. The predicted octanol–water partition coefficient (Wildman–Crippen LogP) is 4.30. The summed E-state index contributed by atoms with van der Waals surface area (Å²) < 4.78 is 31.6. The Morgan fingerprint density at radius 1 is 1.27 bits per heavy atom. The number of aryl methyl sites for hydroxylation is 1. The molecule has 4 rings (SSSR count). The van der Waals surface area contributed by atoms with Crippen LogP contribution in [0.1, 0.15) is 61.4 Å². The van der Waals surface area contributed by atoms with Crippen molar-refractivity contribution in [2.24, 2.45) is 11.8 Å². The molecular formula is C33H42FN5O8S. The minimum absolute atomic E-state index is 0.00504. The summed E-state index contributed by atoms with van der Waals surface area (Å²) >= 11 is 1.37. The van der Waals surface area contributed by atoms with E-state index in [1.54, 1.807) is 44.4 Å². The molecule has 3 amide bonds. The van der Waals surface area contributed by atoms with E-state index in [0.29, 0.717) is 24.2 Å². The standard InChI is InChI=1S/C33H42FN5O8S/c1-19-7-5-11-35-28(41)10-9-20(2)30(21(3)16-46-33(44)38-27-18-48-22(4)36-27)47-32(43)26-8-6-12-39(26)31(42)25-17-45-29(37-25)15-23(34)14-24(40)13-19/h5,7,9-10,13,17-18,20-21,23-24,26,30,40H,6,8,11-12,14-16H2,1-4H3,(H,35,41)(H,38,44)/b7-5+,10-9+,19-13+/t20-,21-,23-,24-,26-,30+/m1/s1. The lowest BCUT2D eigenvalue weighted by atomic mass is 9.93. The number of ether oxygens (including phenoxy) is 2. The Bertz CT molecular complexity index is 1540. The van der Waals surface area contributed by atoms with Crippen LogP contribution in [0.2, 0.25) is 0 Å². The summed E-state index contributed by atoms with van der Waals surface area (Å²) in [5, 5.41) is 18.1. The first-order chi connectivity index (χ1) is 22.9. The van der Waals surface area contributed by atoms with Gasteiger partial charge in [-0.05, 0) is 32.8 Å². The van der Waals surface area contributed by atoms with Crippen LogP contribution in [0.25, 0.3) is 0 Å². The number of aliphatic hydroxyl groups is 1. The largest absolute Gasteiger partial charge is 0.460 e. The third-order valence-electron chi connectivity index (χ3n) is 7.89. The minimum Gasteiger partial charge on any atom is -0.460 e. The highest BCUT2D eigenvalue weighted by Crippen LogP contribution is 2.26. The number of anilines is 1. The number of rotatable bonds is 4. The molecule has 13 nitrogen and oxygen atoms in total. The highest BCUT2D eigenvalue weighted by molar-refractivity contribution is 7.09. The number of amides is 3. The third-order valence-corrected chi connectivity index (χ3v) is 8.66. The smallest absolute Gasteiger partial charge is 0.412 e. The molecule has 2 aromatic heterocycles. The number of carbonyl (C=O) groups is 4. The molecule has 1 fully saturated rings. The molecule has 2 aromatic rings. The zero-order valence-electron chi connectivity index (χ0n) is 27.4. The third kappa shape index (κ3) is 10.6. The van der Waals surface area contributed by atoms with Crippen LogP contribution in [0, 0.1) is 18.8 Å². The number of nitrogens with zero attached hydrogens (tertiary/aromatic N) is 3. The lowest BCUT2D eigenvalue weighted by Gasteiger charge is -2.30. The van der Waals surface area contributed by atoms with Crippen molar-refractivity contribution in [1.29, 1.82) is 0 Å². The summed E-state index contributed by atoms with van der Waals surface area (Å²) in [7, 11) is 0. The van der Waals surface area contributed by atoms with Gasteiger partial charge in [-0.25, -0.2) is 23.9 Å². The predicted molar refractivity (Wildman–Crippen MR) is 175 cm³/mol. The minimum atomic E-state index is -1.50. The Morgan fingerprint density at radius 2 is 2.06 bits per heavy atom. The molecule has 260 valence electrons. The van der Waals surface area contributed by atoms with E-state index in [9.17, 15) is 28.7 Å². The molecular weight excluding hydrogens is 645 g/mol. The zero-order valence-corrected chi connectivity index (χ0v) is 28.2. The Balaban J connectivity index is 1.54. The van der Waals surface area contributed by atoms with Crippen LogP contribution >= 0.6 is 11.3 Å². The molecule has 0 spiro atoms. The molecule has 0 unspecified atom stereocenters. The quantitative estimate of drug-likeness (QED) is 0.394. The van der Waals surface area contributed by atoms with Crippen LogP contribution in [0.5, 0.6) is 0 Å². The number of aliphatic hydroxyl groups excluding tert-OH is 1. The van der Waals surface area contributed by atoms with Gasteiger partial charge >= 0.3 is 12.1 Å². The Labute approximate surface area is 282 Å². The second kappa shape index (κ2) is 17.2. The number of esters is 1. The number of oxazole rings is 1. The maximum atomic E-state index is 14.8. The maximum absolute atomic E-state index is 14.8. The topological polar surface area (TPSA) is 173 Å². The molecule has 4 heterocycles. The van der Waals surface area contributed by atoms with Gasteiger partial charge in [0, 0.05) is 36.7 Å². The van der Waals surface area contributed by atoms with E-state index < -0.39 is 60.1 Å². The fourth-order valence-corrected chi connectivity index (χ4v) is 6.04. The number of carbonyl (C=O) groups excluding carboxylic acids is 4. The highest BCUT2D eigenvalue weighted by Gasteiger charge is 2.39. The fraction of sp³-hybridized carbons (Fsp3) is 0.515. The first-order valence-corrected chi connectivity index (χ1v) is 16.7. The first kappa shape index (κ1) is 36.5. The molecule has 0 radical (unpaired) electrons. The number of fused-ring (bicyclic) bond motifs is 3. The van der Waals surface area contributed by atoms with Gasteiger partial charge < -0.3 is 29.2 Å². The van der Waals surface area contributed by atoms with Gasteiger partial charge in [0.05, 0.1) is 24.1 Å². The molecule has 0 aromatic carbocycles. The fourth-order valence-electron chi connectivity index (χ4n) is 5.50. The van der Waals surface area contributed by atoms with Crippen molar-refractivity contribution in [2.45, 2.75) is 77.8 Å². The molecule has 6 atom stereocenters. The van der Waals surface area contributed by atoms with Gasteiger partial charge in [0.1, 0.15) is 30.4 Å². The van der Waals surface area contributed by atoms with E-state index in [4.69, 9.17) is 13.9 Å². The molecule has 3 N–H and O–H groups in total. The SMILES string of the molecule is CC1=C\[C@@H](O)C[C@@H](F)Cc2nc(co2)C(=O)N2CCC[C@@H]2C(=O)O[C@H]([C@H](C)COC(=O)Nc2csc(C)n2)[C@H](C)/C=C/C(=O)NC\C=C\1. The van der Waals surface area contributed by atoms with E-state index in [1.165, 1.54) is 28.4 Å². The van der Waals surface area contributed by atoms with Crippen molar-refractivity contribution < 1.29 is 42.6 Å². The Hall–Kier alpha value is -4.37. The summed E-state index contributed by atoms with van der Waals surface area (Å²) in [5.41, 5.74) is 0.602. The van der Waals surface area contributed by atoms with E-state index >= 15 is 0 Å². The maximum Gasteiger partial charge on any atom is 0.412 e. The number of alkyl halides is 1. The number of hydrogen-bond donors (Lipinski definition) is 3. The van der Waals surface area contributed by atoms with Crippen molar-refractivity contribution in [3.63, 3.8) is 0 Å². The number of nitrogens with one attached hydrogen (secondary N) is 2. The average Bonchev–Trinajstić information content (AvgIpc) is 3.80. The van der Waals surface area contributed by atoms with Gasteiger partial charge in [0.2, 0.25) is 5.91 Å². The van der Waals surface area contributed by atoms with Crippen molar-refractivity contribution >= 4 is 41.0 Å². The van der Waals surface area contributed by atoms with E-state index in [-0.39, 0.29) is 44.1 Å². The van der Waals surface area contributed by atoms with Crippen molar-refractivity contribution in [2.75, 3.05) is 25.0 Å². The van der Waals surface area contributed by atoms with E-state index in [2.05, 4.69) is 20.6 Å². The molecule has 2 aliphatic rings. The van der Waals surface area contributed by atoms with E-state index in [1.807, 2.05) is 6.92 Å². The monoisotopic (exact) mass is 687 g/mol. The number of thiazole rings is 1. The summed E-state index contributed by atoms with van der Waals surface area (Å²) in [5.74, 6) is -2.26. The van der Waals surface area contributed by atoms with Crippen LogP contribution in [0.3, 0.4) is 0 Å². The first-order valence-electron chi connectivity index (χ1n) is 15.8. The second-order valence-electron chi connectivity index (χ2n) is 12.0. The van der Waals surface area contributed by atoms with Crippen molar-refractivity contribution in [3.05, 3.63) is 64.2 Å². The van der Waals surface area contributed by atoms with Crippen LogP contribution in [0.4, 0.5) is 15.0 Å². The second-order valence-corrected chi connectivity index (χ2v) is 13.1. The molecule has 15 heteroatoms. The lowest BCUT2D eigenvalue weighted by molar-refractivity contribution is -0.159. The van der Waals surface area contributed by atoms with Crippen LogP contribution in [-0.2, 0) is 25.5 Å². The molecule has 2 bridgehead atoms. The van der Waals surface area contributed by atoms with Crippen LogP contribution in [0.15, 0.2) is 52.0 Å². The molecule has 0 aliphatic carbocycles. The number of hydrogen-bond acceptors (Lipinski definition) is 11. The lowest BCUT2D eigenvalue weighted by Crippen LogP contribution is -2.44. The van der Waals surface area contributed by atoms with Crippen LogP contribution in [-0.4, -0.2) is 88.0 Å². The summed E-state index contributed by atoms with van der Waals surface area (Å²) in [6.07, 6.45) is 5.25. The highest BCUT2D eigenvalue weighted by atomic mass is 32.1. The van der Waals surface area contributed by atoms with Gasteiger partial charge in [-0.15, -0.1) is 11.3 Å². The summed E-state index contributed by atoms with van der Waals surface area (Å²) in [6, 6.07) is -0.920. The zero-order chi connectivity index (χ0) is 34.8. The normalized spacial score (nSPS) is 27.9. The molecule has 1 saturated heterocycles. The Kier molecular flexibility index (Phi) is 13.0. The van der Waals surface area contributed by atoms with E-state index in [0.717, 1.165) is 11.3 Å². The molecule has 48 heavy (non-hydrogen) atoms.